The standard InChI is InChI=1S/C8H5I4NO3S/c1-17(15,16)13-8(14)3-2-4(9)6(11)7(12)5(3)10/h2H,1H3,(H,13,14)/p-1. The maximum absolute atomic E-state index is 11.7. The van der Waals surface area contributed by atoms with Crippen LogP contribution in [0.5, 0.6) is 0 Å². The smallest absolute Gasteiger partial charge is 0.249 e. The van der Waals surface area contributed by atoms with Crippen molar-refractivity contribution in [3.05, 3.63) is 25.9 Å². The summed E-state index contributed by atoms with van der Waals surface area (Å²) in [5.74, 6) is -0.718. The lowest BCUT2D eigenvalue weighted by Crippen LogP contribution is -2.22. The van der Waals surface area contributed by atoms with E-state index in [-0.39, 0.29) is 0 Å². The fourth-order valence-corrected chi connectivity index (χ4v) is 4.60. The number of nitrogens with zero attached hydrogens (tertiary/aromatic N) is 1. The summed E-state index contributed by atoms with van der Waals surface area (Å²) in [4.78, 5) is 0. The van der Waals surface area contributed by atoms with E-state index >= 15 is 0 Å². The number of hydrogen-bond donors (Lipinski definition) is 0. The lowest BCUT2D eigenvalue weighted by atomic mass is 10.2. The van der Waals surface area contributed by atoms with Crippen molar-refractivity contribution in [1.29, 1.82) is 0 Å². The molecule has 0 aliphatic heterocycles. The van der Waals surface area contributed by atoms with Crippen LogP contribution in [0.2, 0.25) is 0 Å². The fourth-order valence-electron chi connectivity index (χ4n) is 0.928. The van der Waals surface area contributed by atoms with E-state index in [2.05, 4.69) is 72.2 Å². The third-order valence-electron chi connectivity index (χ3n) is 1.58. The first-order valence-corrected chi connectivity index (χ1v) is 10.1. The van der Waals surface area contributed by atoms with Gasteiger partial charge in [0.2, 0.25) is 10.0 Å². The van der Waals surface area contributed by atoms with Crippen LogP contribution in [-0.2, 0) is 10.0 Å². The monoisotopic (exact) mass is 702 g/mol. The number of rotatable bonds is 2. The molecule has 1 rings (SSSR count). The molecule has 0 spiro atoms. The van der Waals surface area contributed by atoms with Crippen LogP contribution in [0.3, 0.4) is 0 Å². The number of sulfonamides is 1. The molecule has 0 radical (unpaired) electrons. The Hall–Kier alpha value is 1.56. The van der Waals surface area contributed by atoms with Gasteiger partial charge in [-0.1, -0.05) is 0 Å². The molecular weight excluding hydrogens is 698 g/mol. The van der Waals surface area contributed by atoms with Crippen LogP contribution in [0, 0.1) is 14.3 Å². The molecule has 9 heteroatoms. The normalized spacial score (nSPS) is 12.9. The predicted molar refractivity (Wildman–Crippen MR) is 98.7 cm³/mol. The molecule has 0 bridgehead atoms. The molecule has 0 amide bonds. The van der Waals surface area contributed by atoms with Gasteiger partial charge in [0.15, 0.2) is 0 Å². The number of halogens is 4. The first-order chi connectivity index (χ1) is 7.63. The van der Waals surface area contributed by atoms with Gasteiger partial charge in [-0.25, -0.2) is 8.42 Å². The van der Waals surface area contributed by atoms with E-state index in [0.717, 1.165) is 20.5 Å². The molecule has 0 saturated carbocycles. The minimum absolute atomic E-state index is 0.324. The predicted octanol–water partition coefficient (Wildman–Crippen LogP) is 2.17. The van der Waals surface area contributed by atoms with Crippen molar-refractivity contribution in [1.82, 2.24) is 0 Å². The Morgan fingerprint density at radius 2 is 1.71 bits per heavy atom. The first kappa shape index (κ1) is 16.6. The van der Waals surface area contributed by atoms with E-state index in [1.54, 1.807) is 6.07 Å². The zero-order valence-electron chi connectivity index (χ0n) is 8.17. The second-order valence-corrected chi connectivity index (χ2v) is 9.02. The summed E-state index contributed by atoms with van der Waals surface area (Å²) in [6.45, 7) is 0. The SMILES string of the molecule is CS(=O)(=O)/N=C(\[O-])c1cc(I)c(I)c(I)c1I. The average molecular weight is 702 g/mol. The Labute approximate surface area is 154 Å². The summed E-state index contributed by atoms with van der Waals surface area (Å²) in [7, 11) is -3.66. The van der Waals surface area contributed by atoms with Gasteiger partial charge >= 0.3 is 0 Å². The van der Waals surface area contributed by atoms with Gasteiger partial charge in [0.25, 0.3) is 0 Å². The van der Waals surface area contributed by atoms with Crippen molar-refractivity contribution >= 4 is 106 Å². The zero-order valence-corrected chi connectivity index (χ0v) is 17.6. The van der Waals surface area contributed by atoms with E-state index in [0.29, 0.717) is 5.56 Å². The Kier molecular flexibility index (Phi) is 6.20. The minimum atomic E-state index is -3.66. The van der Waals surface area contributed by atoms with Crippen LogP contribution >= 0.6 is 90.4 Å². The maximum atomic E-state index is 11.7. The molecule has 0 aliphatic carbocycles. The summed E-state index contributed by atoms with van der Waals surface area (Å²) in [5.41, 5.74) is 0.324. The molecule has 1 aromatic carbocycles. The van der Waals surface area contributed by atoms with Crippen molar-refractivity contribution in [2.24, 2.45) is 4.40 Å². The molecule has 0 N–H and O–H groups in total. The Morgan fingerprint density at radius 1 is 1.18 bits per heavy atom. The third-order valence-corrected chi connectivity index (χ3v) is 9.35. The molecule has 0 aliphatic rings. The van der Waals surface area contributed by atoms with Gasteiger partial charge in [0.05, 0.1) is 6.26 Å². The summed E-state index contributed by atoms with van der Waals surface area (Å²) in [5, 5.41) is 11.7. The molecule has 0 unspecified atom stereocenters. The molecule has 0 atom stereocenters. The zero-order chi connectivity index (χ0) is 13.4. The number of benzene rings is 1. The highest BCUT2D eigenvalue weighted by Crippen LogP contribution is 2.28. The van der Waals surface area contributed by atoms with Crippen LogP contribution in [-0.4, -0.2) is 20.6 Å². The van der Waals surface area contributed by atoms with E-state index in [1.807, 2.05) is 22.6 Å². The lowest BCUT2D eigenvalue weighted by Gasteiger charge is -2.15. The van der Waals surface area contributed by atoms with Gasteiger partial charge in [0.1, 0.15) is 0 Å². The Morgan fingerprint density at radius 3 is 2.18 bits per heavy atom. The molecule has 0 saturated heterocycles. The van der Waals surface area contributed by atoms with E-state index in [1.165, 1.54) is 0 Å². The van der Waals surface area contributed by atoms with Crippen LogP contribution < -0.4 is 5.11 Å². The molecule has 94 valence electrons. The van der Waals surface area contributed by atoms with Crippen molar-refractivity contribution in [2.75, 3.05) is 6.26 Å². The molecule has 17 heavy (non-hydrogen) atoms. The van der Waals surface area contributed by atoms with Crippen LogP contribution in [0.4, 0.5) is 0 Å². The first-order valence-electron chi connectivity index (χ1n) is 3.94. The van der Waals surface area contributed by atoms with Crippen molar-refractivity contribution in [2.45, 2.75) is 0 Å². The molecule has 0 fully saturated rings. The van der Waals surface area contributed by atoms with Crippen LogP contribution in [0.15, 0.2) is 10.5 Å². The summed E-state index contributed by atoms with van der Waals surface area (Å²) >= 11 is 8.44. The molecule has 4 nitrogen and oxygen atoms in total. The fraction of sp³-hybridized carbons (Fsp3) is 0.125. The van der Waals surface area contributed by atoms with Crippen molar-refractivity contribution in [3.8, 4) is 0 Å². The Balaban J connectivity index is 3.49. The molecular formula is C8H4I4NO3S-. The van der Waals surface area contributed by atoms with Gasteiger partial charge in [-0.15, -0.1) is 0 Å². The van der Waals surface area contributed by atoms with Gasteiger partial charge in [-0.2, -0.15) is 4.40 Å². The molecule has 1 aromatic rings. The van der Waals surface area contributed by atoms with E-state index < -0.39 is 15.9 Å². The van der Waals surface area contributed by atoms with Crippen molar-refractivity contribution < 1.29 is 13.5 Å². The second kappa shape index (κ2) is 6.34. The van der Waals surface area contributed by atoms with Gasteiger partial charge in [-0.05, 0) is 96.4 Å². The largest absolute Gasteiger partial charge is 0.858 e. The summed E-state index contributed by atoms with van der Waals surface area (Å²) < 4.78 is 28.7. The topological polar surface area (TPSA) is 69.6 Å². The van der Waals surface area contributed by atoms with Gasteiger partial charge in [0, 0.05) is 25.7 Å². The maximum Gasteiger partial charge on any atom is 0.249 e. The Bertz CT molecular complexity index is 597. The third kappa shape index (κ3) is 4.55. The second-order valence-electron chi connectivity index (χ2n) is 2.98. The summed E-state index contributed by atoms with van der Waals surface area (Å²) in [6, 6.07) is 1.66. The van der Waals surface area contributed by atoms with E-state index in [9.17, 15) is 13.5 Å². The number of hydrogen-bond acceptors (Lipinski definition) is 3. The molecule has 0 aromatic heterocycles. The van der Waals surface area contributed by atoms with Crippen molar-refractivity contribution in [3.63, 3.8) is 0 Å². The van der Waals surface area contributed by atoms with Gasteiger partial charge < -0.3 is 5.11 Å². The van der Waals surface area contributed by atoms with Crippen LogP contribution in [0.25, 0.3) is 0 Å². The minimum Gasteiger partial charge on any atom is -0.858 e. The quantitative estimate of drug-likeness (QED) is 0.156. The highest BCUT2D eigenvalue weighted by molar-refractivity contribution is 14.1. The average Bonchev–Trinajstić information content (AvgIpc) is 2.17. The van der Waals surface area contributed by atoms with Gasteiger partial charge in [-0.3, -0.25) is 0 Å². The molecule has 0 heterocycles. The van der Waals surface area contributed by atoms with E-state index in [4.69, 9.17) is 0 Å². The highest BCUT2D eigenvalue weighted by Gasteiger charge is 2.12. The summed E-state index contributed by atoms with van der Waals surface area (Å²) in [6.07, 6.45) is 0.903. The highest BCUT2D eigenvalue weighted by atomic mass is 127. The van der Waals surface area contributed by atoms with Crippen LogP contribution in [0.1, 0.15) is 5.56 Å². The lowest BCUT2D eigenvalue weighted by molar-refractivity contribution is -0.212.